The molecule has 1 amide bonds. The van der Waals surface area contributed by atoms with Crippen LogP contribution in [-0.2, 0) is 19.4 Å². The van der Waals surface area contributed by atoms with E-state index in [1.54, 1.807) is 0 Å². The topological polar surface area (TPSA) is 41.6 Å². The first-order valence-electron chi connectivity index (χ1n) is 11.2. The van der Waals surface area contributed by atoms with Gasteiger partial charge in [-0.25, -0.2) is 4.79 Å². The molecule has 3 aromatic carbocycles. The number of carbonyl (C=O) groups excluding carboxylic acids is 1. The number of hydrogen-bond donors (Lipinski definition) is 1. The predicted molar refractivity (Wildman–Crippen MR) is 123 cm³/mol. The molecule has 5 rings (SSSR count). The third-order valence-corrected chi connectivity index (χ3v) is 6.43. The largest absolute Gasteiger partial charge is 0.412 e. The molecule has 0 spiro atoms. The lowest BCUT2D eigenvalue weighted by Gasteiger charge is -2.41. The molecule has 4 nitrogen and oxygen atoms in total. The smallest absolute Gasteiger partial charge is 0.410 e. The van der Waals surface area contributed by atoms with E-state index in [1.165, 1.54) is 22.3 Å². The standard InChI is InChI=1S/C27H28N2O2/c1-2-15-29-16-14-20-10-6-12-22-25(20)23(29)17-21-11-7-13-24(26(21)22)31-27(30)28-18-19-8-4-3-5-9-19/h3-13,23H,2,14-18H2,1H3,(H,28,30)/t23-/m1/s1. The van der Waals surface area contributed by atoms with Crippen molar-refractivity contribution in [3.63, 3.8) is 0 Å². The maximum atomic E-state index is 12.6. The summed E-state index contributed by atoms with van der Waals surface area (Å²) < 4.78 is 5.83. The van der Waals surface area contributed by atoms with Gasteiger partial charge < -0.3 is 10.1 Å². The molecule has 31 heavy (non-hydrogen) atoms. The molecular formula is C27H28N2O2. The zero-order valence-corrected chi connectivity index (χ0v) is 17.9. The van der Waals surface area contributed by atoms with Crippen LogP contribution in [0.5, 0.6) is 5.75 Å². The van der Waals surface area contributed by atoms with E-state index < -0.39 is 6.09 Å². The minimum atomic E-state index is -0.420. The molecule has 158 valence electrons. The number of benzene rings is 3. The third kappa shape index (κ3) is 3.84. The summed E-state index contributed by atoms with van der Waals surface area (Å²) in [4.78, 5) is 15.2. The number of nitrogens with one attached hydrogen (secondary N) is 1. The Kier molecular flexibility index (Phi) is 5.47. The summed E-state index contributed by atoms with van der Waals surface area (Å²) in [5, 5.41) is 2.88. The maximum Gasteiger partial charge on any atom is 0.412 e. The fourth-order valence-corrected chi connectivity index (χ4v) is 5.08. The normalized spacial score (nSPS) is 16.9. The van der Waals surface area contributed by atoms with Crippen LogP contribution in [-0.4, -0.2) is 24.1 Å². The highest BCUT2D eigenvalue weighted by Crippen LogP contribution is 2.48. The zero-order valence-electron chi connectivity index (χ0n) is 17.9. The van der Waals surface area contributed by atoms with Crippen molar-refractivity contribution in [3.8, 4) is 16.9 Å². The lowest BCUT2D eigenvalue weighted by molar-refractivity contribution is 0.182. The molecule has 2 aliphatic rings. The van der Waals surface area contributed by atoms with Crippen LogP contribution in [0.25, 0.3) is 11.1 Å². The van der Waals surface area contributed by atoms with Crippen molar-refractivity contribution < 1.29 is 9.53 Å². The van der Waals surface area contributed by atoms with Crippen LogP contribution in [0.15, 0.2) is 66.7 Å². The molecule has 1 aliphatic carbocycles. The summed E-state index contributed by atoms with van der Waals surface area (Å²) in [7, 11) is 0. The van der Waals surface area contributed by atoms with Gasteiger partial charge in [0.1, 0.15) is 5.75 Å². The summed E-state index contributed by atoms with van der Waals surface area (Å²) in [6.07, 6.45) is 2.78. The monoisotopic (exact) mass is 412 g/mol. The van der Waals surface area contributed by atoms with Gasteiger partial charge in [-0.2, -0.15) is 0 Å². The van der Waals surface area contributed by atoms with Gasteiger partial charge in [0, 0.05) is 24.7 Å². The van der Waals surface area contributed by atoms with Crippen LogP contribution in [0, 0.1) is 0 Å². The second kappa shape index (κ2) is 8.56. The molecule has 4 heteroatoms. The summed E-state index contributed by atoms with van der Waals surface area (Å²) >= 11 is 0. The van der Waals surface area contributed by atoms with Crippen molar-refractivity contribution >= 4 is 6.09 Å². The molecule has 0 radical (unpaired) electrons. The van der Waals surface area contributed by atoms with Crippen molar-refractivity contribution in [2.75, 3.05) is 13.1 Å². The van der Waals surface area contributed by atoms with Crippen LogP contribution in [0.1, 0.15) is 41.6 Å². The van der Waals surface area contributed by atoms with Gasteiger partial charge in [-0.3, -0.25) is 4.90 Å². The molecule has 1 aliphatic heterocycles. The summed E-state index contributed by atoms with van der Waals surface area (Å²) in [5.74, 6) is 0.641. The number of ether oxygens (including phenoxy) is 1. The molecule has 1 atom stereocenters. The van der Waals surface area contributed by atoms with Crippen molar-refractivity contribution in [3.05, 3.63) is 89.0 Å². The fraction of sp³-hybridized carbons (Fsp3) is 0.296. The number of hydrogen-bond acceptors (Lipinski definition) is 3. The van der Waals surface area contributed by atoms with Gasteiger partial charge in [0.15, 0.2) is 0 Å². The quantitative estimate of drug-likeness (QED) is 0.601. The zero-order chi connectivity index (χ0) is 21.2. The molecule has 3 aromatic rings. The molecule has 1 heterocycles. The summed E-state index contributed by atoms with van der Waals surface area (Å²) in [5.41, 5.74) is 7.45. The first-order chi connectivity index (χ1) is 15.2. The van der Waals surface area contributed by atoms with Gasteiger partial charge in [-0.1, -0.05) is 67.6 Å². The van der Waals surface area contributed by atoms with E-state index in [4.69, 9.17) is 4.74 Å². The lowest BCUT2D eigenvalue weighted by atomic mass is 9.77. The number of rotatable bonds is 5. The van der Waals surface area contributed by atoms with Gasteiger partial charge in [0.25, 0.3) is 0 Å². The number of amides is 1. The van der Waals surface area contributed by atoms with Crippen molar-refractivity contribution in [1.82, 2.24) is 10.2 Å². The van der Waals surface area contributed by atoms with Crippen LogP contribution >= 0.6 is 0 Å². The third-order valence-electron chi connectivity index (χ3n) is 6.43. The SMILES string of the molecule is CCCN1CCc2cccc3c2[C@H]1Cc1cccc(OC(=O)NCc2ccccc2)c1-3. The van der Waals surface area contributed by atoms with Gasteiger partial charge in [0.2, 0.25) is 0 Å². The lowest BCUT2D eigenvalue weighted by Crippen LogP contribution is -2.39. The summed E-state index contributed by atoms with van der Waals surface area (Å²) in [6, 6.07) is 23.0. The molecule has 0 aromatic heterocycles. The van der Waals surface area contributed by atoms with Crippen LogP contribution in [0.3, 0.4) is 0 Å². The van der Waals surface area contributed by atoms with E-state index in [0.29, 0.717) is 18.3 Å². The Hall–Kier alpha value is -3.11. The Balaban J connectivity index is 1.44. The molecular weight excluding hydrogens is 384 g/mol. The molecule has 0 fully saturated rings. The number of carbonyl (C=O) groups is 1. The Morgan fingerprint density at radius 1 is 1.03 bits per heavy atom. The molecule has 0 unspecified atom stereocenters. The Morgan fingerprint density at radius 2 is 1.84 bits per heavy atom. The molecule has 0 bridgehead atoms. The van der Waals surface area contributed by atoms with Crippen LogP contribution < -0.4 is 10.1 Å². The van der Waals surface area contributed by atoms with Gasteiger partial charge >= 0.3 is 6.09 Å². The van der Waals surface area contributed by atoms with Gasteiger partial charge in [0.05, 0.1) is 0 Å². The predicted octanol–water partition coefficient (Wildman–Crippen LogP) is 5.51. The molecule has 0 saturated heterocycles. The maximum absolute atomic E-state index is 12.6. The Bertz CT molecular complexity index is 1090. The van der Waals surface area contributed by atoms with Gasteiger partial charge in [-0.15, -0.1) is 0 Å². The average Bonchev–Trinajstić information content (AvgIpc) is 2.80. The minimum Gasteiger partial charge on any atom is -0.410 e. The number of fused-ring (bicyclic) bond motifs is 2. The van der Waals surface area contributed by atoms with Crippen molar-refractivity contribution in [2.45, 2.75) is 38.8 Å². The van der Waals surface area contributed by atoms with E-state index in [9.17, 15) is 4.79 Å². The highest BCUT2D eigenvalue weighted by atomic mass is 16.6. The van der Waals surface area contributed by atoms with E-state index in [1.807, 2.05) is 42.5 Å². The van der Waals surface area contributed by atoms with E-state index in [-0.39, 0.29) is 0 Å². The van der Waals surface area contributed by atoms with Crippen molar-refractivity contribution in [1.29, 1.82) is 0 Å². The second-order valence-corrected chi connectivity index (χ2v) is 8.40. The average molecular weight is 413 g/mol. The van der Waals surface area contributed by atoms with Crippen LogP contribution in [0.4, 0.5) is 4.79 Å². The summed E-state index contributed by atoms with van der Waals surface area (Å²) in [6.45, 7) is 4.93. The van der Waals surface area contributed by atoms with Crippen LogP contribution in [0.2, 0.25) is 0 Å². The van der Waals surface area contributed by atoms with E-state index in [2.05, 4.69) is 41.4 Å². The Morgan fingerprint density at radius 3 is 2.68 bits per heavy atom. The molecule has 1 N–H and O–H groups in total. The van der Waals surface area contributed by atoms with E-state index in [0.717, 1.165) is 43.5 Å². The minimum absolute atomic E-state index is 0.412. The van der Waals surface area contributed by atoms with Gasteiger partial charge in [-0.05, 0) is 59.7 Å². The first kappa shape index (κ1) is 19.8. The van der Waals surface area contributed by atoms with Crippen molar-refractivity contribution in [2.24, 2.45) is 0 Å². The van der Waals surface area contributed by atoms with E-state index >= 15 is 0 Å². The molecule has 0 saturated carbocycles. The second-order valence-electron chi connectivity index (χ2n) is 8.40. The Labute approximate surface area is 183 Å². The fourth-order valence-electron chi connectivity index (χ4n) is 5.08. The highest BCUT2D eigenvalue weighted by Gasteiger charge is 2.35. The number of nitrogens with zero attached hydrogens (tertiary/aromatic N) is 1. The first-order valence-corrected chi connectivity index (χ1v) is 11.2. The highest BCUT2D eigenvalue weighted by molar-refractivity contribution is 5.83.